The standard InChI is InChI=1S/C13H14F3NO2S/c1-8(18)9(2)20-7-12(19)17-11-5-3-10(4-6-11)13(14,15)16/h3-6,9H,7H2,1-2H3,(H,17,19)/t9-/m0/s1. The van der Waals surface area contributed by atoms with Gasteiger partial charge in [-0.15, -0.1) is 11.8 Å². The van der Waals surface area contributed by atoms with Crippen LogP contribution in [0, 0.1) is 0 Å². The Morgan fingerprint density at radius 1 is 1.25 bits per heavy atom. The van der Waals surface area contributed by atoms with E-state index < -0.39 is 11.7 Å². The topological polar surface area (TPSA) is 46.2 Å². The zero-order valence-corrected chi connectivity index (χ0v) is 11.8. The normalized spacial score (nSPS) is 12.8. The van der Waals surface area contributed by atoms with Crippen LogP contribution >= 0.6 is 11.8 Å². The van der Waals surface area contributed by atoms with E-state index in [1.807, 2.05) is 0 Å². The lowest BCUT2D eigenvalue weighted by molar-refractivity contribution is -0.137. The number of halogens is 3. The second-order valence-electron chi connectivity index (χ2n) is 4.19. The highest BCUT2D eigenvalue weighted by Gasteiger charge is 2.29. The molecule has 0 radical (unpaired) electrons. The summed E-state index contributed by atoms with van der Waals surface area (Å²) in [5.41, 5.74) is -0.478. The van der Waals surface area contributed by atoms with Gasteiger partial charge < -0.3 is 5.32 Å². The highest BCUT2D eigenvalue weighted by Crippen LogP contribution is 2.29. The van der Waals surface area contributed by atoms with Crippen LogP contribution in [0.15, 0.2) is 24.3 Å². The second-order valence-corrected chi connectivity index (χ2v) is 5.52. The summed E-state index contributed by atoms with van der Waals surface area (Å²) >= 11 is 1.18. The number of Topliss-reactive ketones (excluding diaryl/α,β-unsaturated/α-hetero) is 1. The maximum Gasteiger partial charge on any atom is 0.416 e. The number of anilines is 1. The number of benzene rings is 1. The first-order chi connectivity index (χ1) is 9.20. The fourth-order valence-corrected chi connectivity index (χ4v) is 1.97. The average molecular weight is 305 g/mol. The molecule has 20 heavy (non-hydrogen) atoms. The lowest BCUT2D eigenvalue weighted by Crippen LogP contribution is -2.18. The zero-order valence-electron chi connectivity index (χ0n) is 11.0. The number of carbonyl (C=O) groups is 2. The van der Waals surface area contributed by atoms with Gasteiger partial charge in [0.1, 0.15) is 5.78 Å². The lowest BCUT2D eigenvalue weighted by Gasteiger charge is -2.10. The molecule has 1 atom stereocenters. The van der Waals surface area contributed by atoms with Crippen LogP contribution in [0.25, 0.3) is 0 Å². The minimum absolute atomic E-state index is 0.0302. The third kappa shape index (κ3) is 5.24. The average Bonchev–Trinajstić information content (AvgIpc) is 2.35. The second kappa shape index (κ2) is 6.78. The van der Waals surface area contributed by atoms with Crippen LogP contribution in [-0.2, 0) is 15.8 Å². The van der Waals surface area contributed by atoms with E-state index in [1.165, 1.54) is 30.8 Å². The Kier molecular flexibility index (Phi) is 5.62. The maximum absolute atomic E-state index is 12.3. The smallest absolute Gasteiger partial charge is 0.325 e. The van der Waals surface area contributed by atoms with Crippen molar-refractivity contribution in [2.45, 2.75) is 25.3 Å². The molecule has 1 rings (SSSR count). The van der Waals surface area contributed by atoms with Crippen molar-refractivity contribution >= 4 is 29.1 Å². The molecule has 1 aromatic carbocycles. The Labute approximate surface area is 118 Å². The van der Waals surface area contributed by atoms with Gasteiger partial charge in [0, 0.05) is 5.69 Å². The Bertz CT molecular complexity index is 485. The van der Waals surface area contributed by atoms with Crippen molar-refractivity contribution < 1.29 is 22.8 Å². The summed E-state index contributed by atoms with van der Waals surface area (Å²) in [6.07, 6.45) is -4.39. The van der Waals surface area contributed by atoms with Crippen LogP contribution < -0.4 is 5.32 Å². The van der Waals surface area contributed by atoms with Crippen molar-refractivity contribution in [2.24, 2.45) is 0 Å². The molecule has 3 nitrogen and oxygen atoms in total. The van der Waals surface area contributed by atoms with Crippen LogP contribution in [0.1, 0.15) is 19.4 Å². The van der Waals surface area contributed by atoms with Crippen molar-refractivity contribution in [3.63, 3.8) is 0 Å². The summed E-state index contributed by atoms with van der Waals surface area (Å²) in [5.74, 6) is -0.318. The molecule has 0 saturated heterocycles. The third-order valence-corrected chi connectivity index (χ3v) is 3.79. The molecule has 1 aromatic rings. The molecule has 0 fully saturated rings. The Hall–Kier alpha value is -1.50. The molecule has 0 aliphatic heterocycles. The number of carbonyl (C=O) groups excluding carboxylic acids is 2. The van der Waals surface area contributed by atoms with Crippen LogP contribution in [0.2, 0.25) is 0 Å². The first kappa shape index (κ1) is 16.6. The molecule has 110 valence electrons. The van der Waals surface area contributed by atoms with Crippen molar-refractivity contribution in [2.75, 3.05) is 11.1 Å². The van der Waals surface area contributed by atoms with Crippen molar-refractivity contribution in [3.05, 3.63) is 29.8 Å². The van der Waals surface area contributed by atoms with Gasteiger partial charge in [-0.25, -0.2) is 0 Å². The minimum atomic E-state index is -4.39. The molecule has 0 aliphatic carbocycles. The Balaban J connectivity index is 2.53. The van der Waals surface area contributed by atoms with Gasteiger partial charge in [0.15, 0.2) is 0 Å². The molecule has 0 saturated carbocycles. The number of hydrogen-bond donors (Lipinski definition) is 1. The highest BCUT2D eigenvalue weighted by atomic mass is 32.2. The van der Waals surface area contributed by atoms with Crippen LogP contribution in [-0.4, -0.2) is 22.7 Å². The van der Waals surface area contributed by atoms with E-state index in [4.69, 9.17) is 0 Å². The van der Waals surface area contributed by atoms with Gasteiger partial charge in [0.2, 0.25) is 5.91 Å². The van der Waals surface area contributed by atoms with Crippen LogP contribution in [0.3, 0.4) is 0 Å². The van der Waals surface area contributed by atoms with Crippen LogP contribution in [0.5, 0.6) is 0 Å². The van der Waals surface area contributed by atoms with E-state index in [-0.39, 0.29) is 22.7 Å². The number of rotatable bonds is 5. The maximum atomic E-state index is 12.3. The van der Waals surface area contributed by atoms with E-state index >= 15 is 0 Å². The zero-order chi connectivity index (χ0) is 15.3. The fraction of sp³-hybridized carbons (Fsp3) is 0.385. The van der Waals surface area contributed by atoms with Gasteiger partial charge in [-0.2, -0.15) is 13.2 Å². The van der Waals surface area contributed by atoms with Crippen molar-refractivity contribution in [1.82, 2.24) is 0 Å². The highest BCUT2D eigenvalue weighted by molar-refractivity contribution is 8.01. The minimum Gasteiger partial charge on any atom is -0.325 e. The third-order valence-electron chi connectivity index (χ3n) is 2.53. The monoisotopic (exact) mass is 305 g/mol. The number of nitrogens with one attached hydrogen (secondary N) is 1. The van der Waals surface area contributed by atoms with Gasteiger partial charge in [-0.1, -0.05) is 0 Å². The van der Waals surface area contributed by atoms with Gasteiger partial charge in [-0.05, 0) is 38.1 Å². The summed E-state index contributed by atoms with van der Waals surface area (Å²) in [5, 5.41) is 2.19. The summed E-state index contributed by atoms with van der Waals surface area (Å²) in [7, 11) is 0. The van der Waals surface area contributed by atoms with E-state index in [0.717, 1.165) is 12.1 Å². The summed E-state index contributed by atoms with van der Waals surface area (Å²) in [6, 6.07) is 4.20. The van der Waals surface area contributed by atoms with Gasteiger partial charge in [0.25, 0.3) is 0 Å². The Morgan fingerprint density at radius 3 is 2.25 bits per heavy atom. The largest absolute Gasteiger partial charge is 0.416 e. The molecule has 0 aromatic heterocycles. The lowest BCUT2D eigenvalue weighted by atomic mass is 10.2. The van der Waals surface area contributed by atoms with E-state index in [9.17, 15) is 22.8 Å². The summed E-state index contributed by atoms with van der Waals surface area (Å²) < 4.78 is 37.0. The predicted molar refractivity (Wildman–Crippen MR) is 72.7 cm³/mol. The molecule has 1 N–H and O–H groups in total. The number of alkyl halides is 3. The number of amides is 1. The molecule has 0 spiro atoms. The number of thioether (sulfide) groups is 1. The molecule has 1 amide bonds. The van der Waals surface area contributed by atoms with Gasteiger partial charge >= 0.3 is 6.18 Å². The SMILES string of the molecule is CC(=O)[C@H](C)SCC(=O)Nc1ccc(C(F)(F)F)cc1. The molecule has 0 unspecified atom stereocenters. The molecular formula is C13H14F3NO2S. The molecule has 0 heterocycles. The van der Waals surface area contributed by atoms with Crippen molar-refractivity contribution in [3.8, 4) is 0 Å². The van der Waals surface area contributed by atoms with E-state index in [2.05, 4.69) is 5.32 Å². The van der Waals surface area contributed by atoms with E-state index in [0.29, 0.717) is 5.69 Å². The molecule has 0 aliphatic rings. The first-order valence-corrected chi connectivity index (χ1v) is 6.84. The number of ketones is 1. The Morgan fingerprint density at radius 2 is 1.80 bits per heavy atom. The van der Waals surface area contributed by atoms with Gasteiger partial charge in [0.05, 0.1) is 16.6 Å². The summed E-state index contributed by atoms with van der Waals surface area (Å²) in [4.78, 5) is 22.5. The quantitative estimate of drug-likeness (QED) is 0.907. The molecule has 7 heteroatoms. The van der Waals surface area contributed by atoms with E-state index in [1.54, 1.807) is 6.92 Å². The first-order valence-electron chi connectivity index (χ1n) is 5.79. The van der Waals surface area contributed by atoms with Crippen LogP contribution in [0.4, 0.5) is 18.9 Å². The summed E-state index contributed by atoms with van der Waals surface area (Å²) in [6.45, 7) is 3.13. The molecular weight excluding hydrogens is 291 g/mol. The fourth-order valence-electron chi connectivity index (χ4n) is 1.26. The van der Waals surface area contributed by atoms with Crippen molar-refractivity contribution in [1.29, 1.82) is 0 Å². The predicted octanol–water partition coefficient (Wildman–Crippen LogP) is 3.35. The van der Waals surface area contributed by atoms with Gasteiger partial charge in [-0.3, -0.25) is 9.59 Å². The number of hydrogen-bond acceptors (Lipinski definition) is 3. The molecule has 0 bridgehead atoms.